The molecule has 0 saturated heterocycles. The predicted molar refractivity (Wildman–Crippen MR) is 75.7 cm³/mol. The highest BCUT2D eigenvalue weighted by atomic mass is 16.3. The molecule has 0 aromatic carbocycles. The zero-order valence-electron chi connectivity index (χ0n) is 12.1. The normalized spacial score (nSPS) is 24.7. The molecule has 0 aromatic rings. The Kier molecular flexibility index (Phi) is 5.05. The van der Waals surface area contributed by atoms with Crippen molar-refractivity contribution < 1.29 is 5.11 Å². The van der Waals surface area contributed by atoms with Crippen LogP contribution in [0.2, 0.25) is 0 Å². The number of hydrogen-bond donors (Lipinski definition) is 2. The lowest BCUT2D eigenvalue weighted by atomic mass is 9.98. The maximum absolute atomic E-state index is 9.58. The molecule has 2 aliphatic carbocycles. The average molecular weight is 254 g/mol. The topological polar surface area (TPSA) is 35.5 Å². The van der Waals surface area contributed by atoms with Crippen LogP contribution < -0.4 is 5.32 Å². The molecule has 18 heavy (non-hydrogen) atoms. The molecule has 2 rings (SSSR count). The van der Waals surface area contributed by atoms with Crippen LogP contribution >= 0.6 is 0 Å². The van der Waals surface area contributed by atoms with Crippen molar-refractivity contribution >= 4 is 0 Å². The predicted octanol–water partition coefficient (Wildman–Crippen LogP) is 2.00. The molecule has 106 valence electrons. The second-order valence-electron chi connectivity index (χ2n) is 6.80. The summed E-state index contributed by atoms with van der Waals surface area (Å²) in [5.41, 5.74) is -0.0783. The minimum Gasteiger partial charge on any atom is -0.394 e. The highest BCUT2D eigenvalue weighted by Crippen LogP contribution is 2.26. The molecule has 1 atom stereocenters. The molecule has 0 heterocycles. The minimum atomic E-state index is -0.0783. The number of hydrogen-bond acceptors (Lipinski definition) is 3. The van der Waals surface area contributed by atoms with E-state index >= 15 is 0 Å². The van der Waals surface area contributed by atoms with E-state index in [1.807, 2.05) is 0 Å². The first-order valence-corrected chi connectivity index (χ1v) is 7.68. The second kappa shape index (κ2) is 6.36. The molecule has 3 nitrogen and oxygen atoms in total. The van der Waals surface area contributed by atoms with E-state index in [2.05, 4.69) is 24.2 Å². The van der Waals surface area contributed by atoms with Crippen LogP contribution in [0.5, 0.6) is 0 Å². The summed E-state index contributed by atoms with van der Waals surface area (Å²) in [4.78, 5) is 2.46. The van der Waals surface area contributed by atoms with Crippen LogP contribution in [0.3, 0.4) is 0 Å². The Labute approximate surface area is 112 Å². The van der Waals surface area contributed by atoms with E-state index in [0.29, 0.717) is 6.04 Å². The van der Waals surface area contributed by atoms with Crippen molar-refractivity contribution in [3.8, 4) is 0 Å². The Morgan fingerprint density at radius 1 is 1.22 bits per heavy atom. The number of aliphatic hydroxyl groups excluding tert-OH is 1. The van der Waals surface area contributed by atoms with Crippen LogP contribution in [0.1, 0.15) is 51.9 Å². The molecule has 1 unspecified atom stereocenters. The van der Waals surface area contributed by atoms with E-state index in [4.69, 9.17) is 0 Å². The first-order valence-electron chi connectivity index (χ1n) is 7.68. The quantitative estimate of drug-likeness (QED) is 0.695. The van der Waals surface area contributed by atoms with Crippen molar-refractivity contribution in [2.75, 3.05) is 26.7 Å². The summed E-state index contributed by atoms with van der Waals surface area (Å²) in [6, 6.07) is 0.669. The van der Waals surface area contributed by atoms with E-state index in [1.54, 1.807) is 0 Å². The van der Waals surface area contributed by atoms with Crippen LogP contribution in [0.4, 0.5) is 0 Å². The monoisotopic (exact) mass is 254 g/mol. The molecule has 3 heteroatoms. The third-order valence-electron chi connectivity index (χ3n) is 4.57. The van der Waals surface area contributed by atoms with Crippen LogP contribution in [0, 0.1) is 5.92 Å². The summed E-state index contributed by atoms with van der Waals surface area (Å²) in [7, 11) is 2.23. The summed E-state index contributed by atoms with van der Waals surface area (Å²) in [5, 5.41) is 13.2. The van der Waals surface area contributed by atoms with Gasteiger partial charge in [0.2, 0.25) is 0 Å². The van der Waals surface area contributed by atoms with E-state index in [-0.39, 0.29) is 12.1 Å². The first kappa shape index (κ1) is 14.3. The molecule has 2 fully saturated rings. The van der Waals surface area contributed by atoms with Crippen LogP contribution in [-0.2, 0) is 0 Å². The summed E-state index contributed by atoms with van der Waals surface area (Å²) in [6.07, 6.45) is 9.31. The highest BCUT2D eigenvalue weighted by Gasteiger charge is 2.32. The van der Waals surface area contributed by atoms with E-state index in [1.165, 1.54) is 45.1 Å². The van der Waals surface area contributed by atoms with Gasteiger partial charge in [-0.25, -0.2) is 0 Å². The van der Waals surface area contributed by atoms with Crippen molar-refractivity contribution in [2.24, 2.45) is 5.92 Å². The molecule has 2 N–H and O–H groups in total. The van der Waals surface area contributed by atoms with Gasteiger partial charge in [-0.15, -0.1) is 0 Å². The molecule has 0 aromatic heterocycles. The van der Waals surface area contributed by atoms with Gasteiger partial charge in [-0.1, -0.05) is 12.8 Å². The molecular weight excluding hydrogens is 224 g/mol. The fourth-order valence-corrected chi connectivity index (χ4v) is 3.08. The van der Waals surface area contributed by atoms with Crippen LogP contribution in [0.25, 0.3) is 0 Å². The summed E-state index contributed by atoms with van der Waals surface area (Å²) in [6.45, 7) is 4.74. The lowest BCUT2D eigenvalue weighted by Gasteiger charge is -2.31. The Balaban J connectivity index is 1.67. The van der Waals surface area contributed by atoms with Crippen molar-refractivity contribution in [1.29, 1.82) is 0 Å². The molecule has 0 bridgehead atoms. The first-order chi connectivity index (χ1) is 8.61. The lowest BCUT2D eigenvalue weighted by molar-refractivity contribution is 0.145. The van der Waals surface area contributed by atoms with Crippen molar-refractivity contribution in [1.82, 2.24) is 10.2 Å². The van der Waals surface area contributed by atoms with Crippen molar-refractivity contribution in [2.45, 2.75) is 63.5 Å². The van der Waals surface area contributed by atoms with Gasteiger partial charge in [-0.2, -0.15) is 0 Å². The molecule has 2 saturated carbocycles. The summed E-state index contributed by atoms with van der Waals surface area (Å²) >= 11 is 0. The second-order valence-corrected chi connectivity index (χ2v) is 6.80. The lowest BCUT2D eigenvalue weighted by Crippen LogP contribution is -2.49. The zero-order valence-corrected chi connectivity index (χ0v) is 12.1. The molecular formula is C15H30N2O. The number of nitrogens with one attached hydrogen (secondary N) is 1. The fraction of sp³-hybridized carbons (Fsp3) is 1.00. The standard InChI is InChI=1S/C15H30N2O/c1-15(12-18,16-14-7-8-14)9-10-17(2)11-13-5-3-4-6-13/h13-14,16,18H,3-12H2,1-2H3. The highest BCUT2D eigenvalue weighted by molar-refractivity contribution is 4.92. The van der Waals surface area contributed by atoms with Gasteiger partial charge in [-0.3, -0.25) is 0 Å². The van der Waals surface area contributed by atoms with E-state index < -0.39 is 0 Å². The minimum absolute atomic E-state index is 0.0783. The number of aliphatic hydroxyl groups is 1. The van der Waals surface area contributed by atoms with Crippen LogP contribution in [0.15, 0.2) is 0 Å². The van der Waals surface area contributed by atoms with Gasteiger partial charge in [0.25, 0.3) is 0 Å². The number of rotatable bonds is 8. The fourth-order valence-electron chi connectivity index (χ4n) is 3.08. The molecule has 0 amide bonds. The van der Waals surface area contributed by atoms with Gasteiger partial charge in [0.15, 0.2) is 0 Å². The summed E-state index contributed by atoms with van der Waals surface area (Å²) in [5.74, 6) is 0.923. The van der Waals surface area contributed by atoms with Gasteiger partial charge in [0, 0.05) is 18.1 Å². The van der Waals surface area contributed by atoms with Gasteiger partial charge in [0.1, 0.15) is 0 Å². The smallest absolute Gasteiger partial charge is 0.0611 e. The Bertz CT molecular complexity index is 249. The third kappa shape index (κ3) is 4.52. The SMILES string of the molecule is CN(CCC(C)(CO)NC1CC1)CC1CCCC1. The largest absolute Gasteiger partial charge is 0.394 e. The van der Waals surface area contributed by atoms with Gasteiger partial charge in [-0.05, 0) is 58.5 Å². The third-order valence-corrected chi connectivity index (χ3v) is 4.57. The maximum Gasteiger partial charge on any atom is 0.0611 e. The molecule has 0 aliphatic heterocycles. The number of nitrogens with zero attached hydrogens (tertiary/aromatic N) is 1. The van der Waals surface area contributed by atoms with E-state index in [0.717, 1.165) is 18.9 Å². The average Bonchev–Trinajstić information content (AvgIpc) is 3.01. The van der Waals surface area contributed by atoms with E-state index in [9.17, 15) is 5.11 Å². The van der Waals surface area contributed by atoms with Gasteiger partial charge in [0.05, 0.1) is 6.61 Å². The summed E-state index contributed by atoms with van der Waals surface area (Å²) < 4.78 is 0. The Morgan fingerprint density at radius 2 is 1.89 bits per heavy atom. The van der Waals surface area contributed by atoms with Crippen molar-refractivity contribution in [3.63, 3.8) is 0 Å². The zero-order chi connectivity index (χ0) is 13.0. The molecule has 2 aliphatic rings. The molecule has 0 spiro atoms. The Hall–Kier alpha value is -0.120. The molecule has 0 radical (unpaired) electrons. The van der Waals surface area contributed by atoms with Crippen molar-refractivity contribution in [3.05, 3.63) is 0 Å². The Morgan fingerprint density at radius 3 is 2.44 bits per heavy atom. The maximum atomic E-state index is 9.58. The van der Waals surface area contributed by atoms with Gasteiger partial charge < -0.3 is 15.3 Å². The van der Waals surface area contributed by atoms with Crippen LogP contribution in [-0.4, -0.2) is 48.3 Å². The van der Waals surface area contributed by atoms with Gasteiger partial charge >= 0.3 is 0 Å².